The van der Waals surface area contributed by atoms with Crippen molar-refractivity contribution in [3.05, 3.63) is 32.4 Å². The Morgan fingerprint density at radius 1 is 1.19 bits per heavy atom. The van der Waals surface area contributed by atoms with Gasteiger partial charge in [-0.3, -0.25) is 4.79 Å². The molecule has 0 amide bonds. The predicted molar refractivity (Wildman–Crippen MR) is 93.5 cm³/mol. The van der Waals surface area contributed by atoms with E-state index in [1.54, 1.807) is 11.1 Å². The number of hydrogen-bond donors (Lipinski definition) is 0. The van der Waals surface area contributed by atoms with Crippen molar-refractivity contribution in [2.75, 3.05) is 0 Å². The average molecular weight is 394 g/mol. The van der Waals surface area contributed by atoms with Crippen LogP contribution in [0, 0.1) is 27.7 Å². The first-order chi connectivity index (χ1) is 10.0. The third-order valence-corrected chi connectivity index (χ3v) is 7.88. The molecule has 2 saturated carbocycles. The second-order valence-electron chi connectivity index (χ2n) is 7.63. The predicted octanol–water partition coefficient (Wildman–Crippen LogP) is 5.02. The van der Waals surface area contributed by atoms with E-state index in [-0.39, 0.29) is 5.41 Å². The molecule has 2 fully saturated rings. The van der Waals surface area contributed by atoms with Crippen LogP contribution in [0.1, 0.15) is 61.6 Å². The standard InChI is InChI=1S/C19H23IO/c1-11-9-12-3-4-14-13(15(12)10-17(11)20)7-8-19(2)16(14)5-6-18(19)21/h9-10,13-14,16H,3-8H2,1-2H3/t13?,14?,16?,19-/m0/s1. The summed E-state index contributed by atoms with van der Waals surface area (Å²) in [5.74, 6) is 2.67. The number of aryl methyl sites for hydroxylation is 2. The van der Waals surface area contributed by atoms with Gasteiger partial charge >= 0.3 is 0 Å². The second kappa shape index (κ2) is 4.81. The maximum absolute atomic E-state index is 12.3. The number of carbonyl (C=O) groups is 1. The zero-order valence-corrected chi connectivity index (χ0v) is 15.1. The maximum atomic E-state index is 12.3. The summed E-state index contributed by atoms with van der Waals surface area (Å²) in [5, 5.41) is 0. The molecular weight excluding hydrogens is 371 g/mol. The molecule has 0 heterocycles. The van der Waals surface area contributed by atoms with Gasteiger partial charge in [0.2, 0.25) is 0 Å². The highest BCUT2D eigenvalue weighted by atomic mass is 127. The molecule has 3 aliphatic carbocycles. The molecule has 0 radical (unpaired) electrons. The first kappa shape index (κ1) is 14.2. The van der Waals surface area contributed by atoms with Crippen LogP contribution in [0.5, 0.6) is 0 Å². The van der Waals surface area contributed by atoms with E-state index in [4.69, 9.17) is 0 Å². The molecule has 0 bridgehead atoms. The molecule has 3 aliphatic rings. The topological polar surface area (TPSA) is 17.1 Å². The lowest BCUT2D eigenvalue weighted by Gasteiger charge is -2.48. The molecule has 0 aliphatic heterocycles. The summed E-state index contributed by atoms with van der Waals surface area (Å²) in [4.78, 5) is 12.3. The monoisotopic (exact) mass is 394 g/mol. The van der Waals surface area contributed by atoms with Crippen LogP contribution in [0.4, 0.5) is 0 Å². The van der Waals surface area contributed by atoms with Crippen LogP contribution in [0.15, 0.2) is 12.1 Å². The molecule has 3 unspecified atom stereocenters. The molecule has 0 N–H and O–H groups in total. The van der Waals surface area contributed by atoms with Crippen LogP contribution in [0.25, 0.3) is 0 Å². The van der Waals surface area contributed by atoms with E-state index in [0.717, 1.165) is 25.2 Å². The lowest BCUT2D eigenvalue weighted by molar-refractivity contribution is -0.129. The zero-order valence-electron chi connectivity index (χ0n) is 12.9. The van der Waals surface area contributed by atoms with Gasteiger partial charge < -0.3 is 0 Å². The summed E-state index contributed by atoms with van der Waals surface area (Å²) < 4.78 is 1.41. The number of Topliss-reactive ketones (excluding diaryl/α,β-unsaturated/α-hetero) is 1. The van der Waals surface area contributed by atoms with Crippen LogP contribution >= 0.6 is 22.6 Å². The lowest BCUT2D eigenvalue weighted by atomic mass is 9.55. The van der Waals surface area contributed by atoms with E-state index >= 15 is 0 Å². The summed E-state index contributed by atoms with van der Waals surface area (Å²) >= 11 is 2.48. The quantitative estimate of drug-likeness (QED) is 0.565. The van der Waals surface area contributed by atoms with E-state index in [1.807, 2.05) is 0 Å². The van der Waals surface area contributed by atoms with Crippen LogP contribution in [0.2, 0.25) is 0 Å². The van der Waals surface area contributed by atoms with Crippen molar-refractivity contribution in [2.45, 2.75) is 58.3 Å². The molecule has 0 saturated heterocycles. The fourth-order valence-corrected chi connectivity index (χ4v) is 5.98. The molecule has 21 heavy (non-hydrogen) atoms. The fourth-order valence-electron chi connectivity index (χ4n) is 5.49. The summed E-state index contributed by atoms with van der Waals surface area (Å²) in [6, 6.07) is 4.86. The van der Waals surface area contributed by atoms with Gasteiger partial charge in [-0.15, -0.1) is 0 Å². The minimum absolute atomic E-state index is 0.0104. The minimum atomic E-state index is 0.0104. The van der Waals surface area contributed by atoms with E-state index in [1.165, 1.54) is 28.4 Å². The molecule has 2 heteroatoms. The van der Waals surface area contributed by atoms with Gasteiger partial charge in [0.05, 0.1) is 0 Å². The zero-order chi connectivity index (χ0) is 14.8. The molecule has 1 aromatic rings. The Bertz CT molecular complexity index is 620. The molecule has 4 atom stereocenters. The van der Waals surface area contributed by atoms with Crippen molar-refractivity contribution < 1.29 is 4.79 Å². The first-order valence-corrected chi connectivity index (χ1v) is 9.41. The van der Waals surface area contributed by atoms with Crippen molar-refractivity contribution >= 4 is 28.4 Å². The van der Waals surface area contributed by atoms with E-state index < -0.39 is 0 Å². The molecule has 1 nitrogen and oxygen atoms in total. The fraction of sp³-hybridized carbons (Fsp3) is 0.632. The van der Waals surface area contributed by atoms with Gasteiger partial charge in [0, 0.05) is 15.4 Å². The van der Waals surface area contributed by atoms with Crippen LogP contribution in [-0.4, -0.2) is 5.78 Å². The van der Waals surface area contributed by atoms with Crippen molar-refractivity contribution in [2.24, 2.45) is 17.3 Å². The van der Waals surface area contributed by atoms with Gasteiger partial charge in [0.25, 0.3) is 0 Å². The molecule has 1 aromatic carbocycles. The number of rotatable bonds is 0. The van der Waals surface area contributed by atoms with Crippen LogP contribution in [-0.2, 0) is 11.2 Å². The highest BCUT2D eigenvalue weighted by molar-refractivity contribution is 14.1. The van der Waals surface area contributed by atoms with Gasteiger partial charge in [-0.1, -0.05) is 13.0 Å². The Morgan fingerprint density at radius 3 is 2.81 bits per heavy atom. The normalized spacial score (nSPS) is 37.9. The number of carbonyl (C=O) groups excluding carboxylic acids is 1. The van der Waals surface area contributed by atoms with Crippen molar-refractivity contribution in [3.8, 4) is 0 Å². The molecule has 0 aromatic heterocycles. The summed E-state index contributed by atoms with van der Waals surface area (Å²) in [6.07, 6.45) is 6.83. The third-order valence-electron chi connectivity index (χ3n) is 6.71. The summed E-state index contributed by atoms with van der Waals surface area (Å²) in [7, 11) is 0. The Balaban J connectivity index is 1.75. The number of halogens is 1. The Hall–Kier alpha value is -0.380. The van der Waals surface area contributed by atoms with Crippen molar-refractivity contribution in [1.29, 1.82) is 0 Å². The highest BCUT2D eigenvalue weighted by Crippen LogP contribution is 2.59. The highest BCUT2D eigenvalue weighted by Gasteiger charge is 2.54. The number of fused-ring (bicyclic) bond motifs is 5. The number of benzene rings is 1. The van der Waals surface area contributed by atoms with Gasteiger partial charge in [0.1, 0.15) is 5.78 Å². The largest absolute Gasteiger partial charge is 0.299 e. The van der Waals surface area contributed by atoms with Crippen LogP contribution in [0.3, 0.4) is 0 Å². The summed E-state index contributed by atoms with van der Waals surface area (Å²) in [5.41, 5.74) is 4.63. The minimum Gasteiger partial charge on any atom is -0.299 e. The van der Waals surface area contributed by atoms with Crippen molar-refractivity contribution in [3.63, 3.8) is 0 Å². The Morgan fingerprint density at radius 2 is 2.00 bits per heavy atom. The van der Waals surface area contributed by atoms with Gasteiger partial charge in [-0.2, -0.15) is 0 Å². The third kappa shape index (κ3) is 1.97. The van der Waals surface area contributed by atoms with E-state index in [0.29, 0.717) is 17.6 Å². The first-order valence-electron chi connectivity index (χ1n) is 8.33. The van der Waals surface area contributed by atoms with Gasteiger partial charge in [0.15, 0.2) is 0 Å². The average Bonchev–Trinajstić information content (AvgIpc) is 2.76. The smallest absolute Gasteiger partial charge is 0.139 e. The van der Waals surface area contributed by atoms with E-state index in [2.05, 4.69) is 48.6 Å². The van der Waals surface area contributed by atoms with Gasteiger partial charge in [-0.25, -0.2) is 0 Å². The molecule has 112 valence electrons. The lowest BCUT2D eigenvalue weighted by Crippen LogP contribution is -2.42. The summed E-state index contributed by atoms with van der Waals surface area (Å²) in [6.45, 7) is 4.49. The van der Waals surface area contributed by atoms with Crippen molar-refractivity contribution in [1.82, 2.24) is 0 Å². The second-order valence-corrected chi connectivity index (χ2v) is 8.80. The SMILES string of the molecule is Cc1cc2c(cc1I)C1CC[C@]3(C)C(=O)CCC3C1CC2. The van der Waals surface area contributed by atoms with Crippen LogP contribution < -0.4 is 0 Å². The molecule has 0 spiro atoms. The molecular formula is C19H23IO. The number of hydrogen-bond acceptors (Lipinski definition) is 1. The van der Waals surface area contributed by atoms with Gasteiger partial charge in [-0.05, 0) is 102 Å². The van der Waals surface area contributed by atoms with E-state index in [9.17, 15) is 4.79 Å². The molecule has 4 rings (SSSR count). The Labute approximate surface area is 141 Å². The number of ketones is 1. The maximum Gasteiger partial charge on any atom is 0.139 e. The Kier molecular flexibility index (Phi) is 3.26.